The van der Waals surface area contributed by atoms with E-state index in [-0.39, 0.29) is 18.5 Å². The molecule has 3 fully saturated rings. The summed E-state index contributed by atoms with van der Waals surface area (Å²) in [6.07, 6.45) is 5.46. The van der Waals surface area contributed by atoms with Crippen molar-refractivity contribution in [1.29, 1.82) is 0 Å². The summed E-state index contributed by atoms with van der Waals surface area (Å²) in [5, 5.41) is 6.27. The molecule has 29 heavy (non-hydrogen) atoms. The standard InChI is InChI=1S/C9H17N3O3.C6H10N2O5S/c13-7-10-5-9(14)12-15-6-8-3-1-2-4-11-8;9-6-7-3-1-2-5(4-7)8(6)13-14(10,11)12/h7-8,11H,1-6H2,(H,10,13)(H,12,14);5H,1-4H2,(H,10,11,12)/t8-;/m1./s1. The Morgan fingerprint density at radius 3 is 2.72 bits per heavy atom. The van der Waals surface area contributed by atoms with Crippen LogP contribution >= 0.6 is 0 Å². The molecule has 14 heteroatoms. The summed E-state index contributed by atoms with van der Waals surface area (Å²) in [6.45, 7) is 2.50. The molecular formula is C15H27N5O8S. The number of fused-ring (bicyclic) bond motifs is 2. The summed E-state index contributed by atoms with van der Waals surface area (Å²) in [5.74, 6) is -0.349. The number of amides is 4. The molecule has 3 rings (SSSR count). The van der Waals surface area contributed by atoms with E-state index in [0.29, 0.717) is 38.6 Å². The van der Waals surface area contributed by atoms with Crippen molar-refractivity contribution in [2.75, 3.05) is 32.8 Å². The maximum Gasteiger partial charge on any atom is 0.418 e. The van der Waals surface area contributed by atoms with Crippen molar-refractivity contribution in [3.8, 4) is 0 Å². The molecule has 3 saturated heterocycles. The second kappa shape index (κ2) is 11.3. The molecule has 166 valence electrons. The topological polar surface area (TPSA) is 167 Å². The Bertz CT molecular complexity index is 670. The Labute approximate surface area is 168 Å². The fraction of sp³-hybridized carbons (Fsp3) is 0.800. The Hall–Kier alpha value is -2.00. The number of urea groups is 1. The van der Waals surface area contributed by atoms with Crippen molar-refractivity contribution in [1.82, 2.24) is 26.1 Å². The molecule has 0 aromatic heterocycles. The van der Waals surface area contributed by atoms with Crippen LogP contribution in [0.4, 0.5) is 4.79 Å². The average Bonchev–Trinajstić information content (AvgIpc) is 2.89. The summed E-state index contributed by atoms with van der Waals surface area (Å²) in [5.41, 5.74) is 2.26. The predicted octanol–water partition coefficient (Wildman–Crippen LogP) is -1.46. The van der Waals surface area contributed by atoms with Gasteiger partial charge in [0, 0.05) is 19.1 Å². The minimum absolute atomic E-state index is 0.0540. The molecule has 4 amide bonds. The number of hydroxylamine groups is 3. The molecule has 0 spiro atoms. The lowest BCUT2D eigenvalue weighted by Gasteiger charge is -2.22. The minimum atomic E-state index is -4.60. The molecule has 0 aromatic rings. The van der Waals surface area contributed by atoms with Crippen molar-refractivity contribution >= 4 is 28.7 Å². The number of hydrogen-bond acceptors (Lipinski definition) is 8. The largest absolute Gasteiger partial charge is 0.418 e. The second-order valence-corrected chi connectivity index (χ2v) is 7.84. The maximum absolute atomic E-state index is 11.4. The van der Waals surface area contributed by atoms with Gasteiger partial charge >= 0.3 is 16.4 Å². The van der Waals surface area contributed by atoms with Gasteiger partial charge in [0.15, 0.2) is 0 Å². The first-order valence-corrected chi connectivity index (χ1v) is 10.7. The molecule has 0 aromatic carbocycles. The van der Waals surface area contributed by atoms with Crippen molar-refractivity contribution in [2.24, 2.45) is 0 Å². The van der Waals surface area contributed by atoms with Gasteiger partial charge in [0.05, 0.1) is 19.2 Å². The van der Waals surface area contributed by atoms with Gasteiger partial charge in [0.1, 0.15) is 0 Å². The van der Waals surface area contributed by atoms with Crippen LogP contribution in [0.15, 0.2) is 0 Å². The van der Waals surface area contributed by atoms with Gasteiger partial charge in [-0.2, -0.15) is 13.5 Å². The number of hydrogen-bond donors (Lipinski definition) is 4. The zero-order chi connectivity index (χ0) is 21.3. The molecule has 13 nitrogen and oxygen atoms in total. The lowest BCUT2D eigenvalue weighted by molar-refractivity contribution is -0.134. The van der Waals surface area contributed by atoms with Crippen LogP contribution in [0.3, 0.4) is 0 Å². The number of nitrogens with zero attached hydrogens (tertiary/aromatic N) is 2. The van der Waals surface area contributed by atoms with Crippen molar-refractivity contribution in [3.63, 3.8) is 0 Å². The van der Waals surface area contributed by atoms with Crippen LogP contribution in [-0.2, 0) is 29.1 Å². The smallest absolute Gasteiger partial charge is 0.350 e. The molecule has 4 N–H and O–H groups in total. The highest BCUT2D eigenvalue weighted by Crippen LogP contribution is 2.26. The molecule has 2 bridgehead atoms. The van der Waals surface area contributed by atoms with Crippen LogP contribution in [0.5, 0.6) is 0 Å². The third-order valence-electron chi connectivity index (χ3n) is 4.59. The monoisotopic (exact) mass is 437 g/mol. The van der Waals surface area contributed by atoms with Crippen LogP contribution in [0, 0.1) is 0 Å². The van der Waals surface area contributed by atoms with Gasteiger partial charge in [0.2, 0.25) is 6.41 Å². The maximum atomic E-state index is 11.4. The van der Waals surface area contributed by atoms with E-state index in [2.05, 4.69) is 20.4 Å². The normalized spacial score (nSPS) is 23.8. The van der Waals surface area contributed by atoms with Gasteiger partial charge < -0.3 is 15.5 Å². The van der Waals surface area contributed by atoms with Crippen molar-refractivity contribution in [3.05, 3.63) is 0 Å². The molecule has 3 heterocycles. The Morgan fingerprint density at radius 2 is 2.10 bits per heavy atom. The van der Waals surface area contributed by atoms with E-state index >= 15 is 0 Å². The van der Waals surface area contributed by atoms with Gasteiger partial charge in [-0.3, -0.25) is 19.0 Å². The summed E-state index contributed by atoms with van der Waals surface area (Å²) >= 11 is 0. The van der Waals surface area contributed by atoms with E-state index in [1.165, 1.54) is 17.7 Å². The fourth-order valence-electron chi connectivity index (χ4n) is 3.27. The highest BCUT2D eigenvalue weighted by molar-refractivity contribution is 7.80. The highest BCUT2D eigenvalue weighted by Gasteiger charge is 2.42. The van der Waals surface area contributed by atoms with Gasteiger partial charge in [0.25, 0.3) is 5.91 Å². The first kappa shape index (κ1) is 23.3. The fourth-order valence-corrected chi connectivity index (χ4v) is 3.66. The van der Waals surface area contributed by atoms with Crippen LogP contribution in [0.1, 0.15) is 32.1 Å². The second-order valence-electron chi connectivity index (χ2n) is 6.83. The van der Waals surface area contributed by atoms with E-state index in [1.807, 2.05) is 0 Å². The van der Waals surface area contributed by atoms with Crippen LogP contribution in [0.25, 0.3) is 0 Å². The van der Waals surface area contributed by atoms with Crippen LogP contribution in [-0.4, -0.2) is 86.2 Å². The summed E-state index contributed by atoms with van der Waals surface area (Å²) in [4.78, 5) is 38.8. The van der Waals surface area contributed by atoms with Gasteiger partial charge in [-0.25, -0.2) is 10.3 Å². The molecule has 3 aliphatic heterocycles. The number of rotatable bonds is 8. The number of nitrogens with one attached hydrogen (secondary N) is 3. The lowest BCUT2D eigenvalue weighted by Crippen LogP contribution is -2.41. The van der Waals surface area contributed by atoms with E-state index in [1.54, 1.807) is 0 Å². The number of piperidine rings is 2. The summed E-state index contributed by atoms with van der Waals surface area (Å²) < 4.78 is 33.5. The molecule has 1 unspecified atom stereocenters. The van der Waals surface area contributed by atoms with Gasteiger partial charge in [-0.1, -0.05) is 6.42 Å². The zero-order valence-corrected chi connectivity index (χ0v) is 16.7. The first-order chi connectivity index (χ1) is 13.8. The Morgan fingerprint density at radius 1 is 1.31 bits per heavy atom. The lowest BCUT2D eigenvalue weighted by atomic mass is 10.1. The Balaban J connectivity index is 0.000000207. The van der Waals surface area contributed by atoms with Crippen LogP contribution in [0.2, 0.25) is 0 Å². The number of carbonyl (C=O) groups is 3. The zero-order valence-electron chi connectivity index (χ0n) is 15.9. The SMILES string of the molecule is O=C1N2CCCC(C2)N1OS(=O)(=O)O.O=CNCC(=O)NOC[C@H]1CCCCN1. The van der Waals surface area contributed by atoms with E-state index in [0.717, 1.165) is 24.4 Å². The van der Waals surface area contributed by atoms with Gasteiger partial charge in [-0.15, -0.1) is 4.28 Å². The molecule has 3 aliphatic rings. The molecular weight excluding hydrogens is 410 g/mol. The summed E-state index contributed by atoms with van der Waals surface area (Å²) in [6, 6.07) is -0.443. The third kappa shape index (κ3) is 8.10. The van der Waals surface area contributed by atoms with Crippen molar-refractivity contribution < 1.29 is 36.5 Å². The highest BCUT2D eigenvalue weighted by atomic mass is 32.3. The predicted molar refractivity (Wildman–Crippen MR) is 98.3 cm³/mol. The van der Waals surface area contributed by atoms with E-state index in [4.69, 9.17) is 9.39 Å². The molecule has 2 atom stereocenters. The molecule has 0 radical (unpaired) electrons. The Kier molecular flexibility index (Phi) is 9.03. The van der Waals surface area contributed by atoms with Crippen molar-refractivity contribution in [2.45, 2.75) is 44.2 Å². The van der Waals surface area contributed by atoms with E-state index in [9.17, 15) is 22.8 Å². The first-order valence-electron chi connectivity index (χ1n) is 9.36. The average molecular weight is 437 g/mol. The molecule has 0 aliphatic carbocycles. The van der Waals surface area contributed by atoms with E-state index < -0.39 is 16.4 Å². The van der Waals surface area contributed by atoms with Crippen LogP contribution < -0.4 is 16.1 Å². The van der Waals surface area contributed by atoms with Gasteiger partial charge in [-0.05, 0) is 32.2 Å². The minimum Gasteiger partial charge on any atom is -0.350 e. The summed E-state index contributed by atoms with van der Waals surface area (Å²) in [7, 11) is -4.60. The number of carbonyl (C=O) groups excluding carboxylic acids is 3. The quantitative estimate of drug-likeness (QED) is 0.202. The molecule has 0 saturated carbocycles. The third-order valence-corrected chi connectivity index (χ3v) is 4.94.